The van der Waals surface area contributed by atoms with E-state index in [0.29, 0.717) is 28.8 Å². The molecule has 10 heteroatoms. The van der Waals surface area contributed by atoms with Gasteiger partial charge in [-0.25, -0.2) is 13.2 Å². The average molecular weight is 471 g/mol. The lowest BCUT2D eigenvalue weighted by Crippen LogP contribution is -2.30. The van der Waals surface area contributed by atoms with E-state index in [1.807, 2.05) is 0 Å². The minimum atomic E-state index is -3.57. The van der Waals surface area contributed by atoms with E-state index in [4.69, 9.17) is 27.9 Å². The van der Waals surface area contributed by atoms with Crippen LogP contribution in [0.4, 0.5) is 5.69 Å². The minimum absolute atomic E-state index is 0.113. The van der Waals surface area contributed by atoms with Crippen molar-refractivity contribution in [2.45, 2.75) is 30.8 Å². The molecule has 1 fully saturated rings. The van der Waals surface area contributed by atoms with Gasteiger partial charge in [0.15, 0.2) is 6.10 Å². The Labute approximate surface area is 185 Å². The summed E-state index contributed by atoms with van der Waals surface area (Å²) in [6, 6.07) is 10.1. The maximum atomic E-state index is 12.5. The maximum Gasteiger partial charge on any atom is 0.338 e. The van der Waals surface area contributed by atoms with Crippen LogP contribution in [0.25, 0.3) is 0 Å². The van der Waals surface area contributed by atoms with Crippen molar-refractivity contribution in [3.63, 3.8) is 0 Å². The summed E-state index contributed by atoms with van der Waals surface area (Å²) in [5, 5.41) is 3.24. The monoisotopic (exact) mass is 470 g/mol. The number of amides is 1. The third kappa shape index (κ3) is 5.13. The van der Waals surface area contributed by atoms with Gasteiger partial charge in [-0.1, -0.05) is 23.2 Å². The maximum absolute atomic E-state index is 12.5. The van der Waals surface area contributed by atoms with E-state index >= 15 is 0 Å². The predicted octanol–water partition coefficient (Wildman–Crippen LogP) is 3.96. The fourth-order valence-corrected chi connectivity index (χ4v) is 4.80. The molecule has 7 nitrogen and oxygen atoms in total. The first kappa shape index (κ1) is 22.6. The van der Waals surface area contributed by atoms with Crippen molar-refractivity contribution in [1.29, 1.82) is 0 Å². The van der Waals surface area contributed by atoms with Crippen molar-refractivity contribution >= 4 is 50.8 Å². The van der Waals surface area contributed by atoms with Crippen LogP contribution in [0, 0.1) is 0 Å². The topological polar surface area (TPSA) is 92.8 Å². The van der Waals surface area contributed by atoms with Crippen LogP contribution in [0.1, 0.15) is 30.1 Å². The fraction of sp³-hybridized carbons (Fsp3) is 0.300. The first-order valence-corrected chi connectivity index (χ1v) is 11.4. The molecule has 2 aromatic carbocycles. The summed E-state index contributed by atoms with van der Waals surface area (Å²) in [6.45, 7) is 2.41. The molecule has 0 aliphatic carbocycles. The molecule has 1 amide bonds. The van der Waals surface area contributed by atoms with Crippen molar-refractivity contribution in [3.8, 4) is 0 Å². The largest absolute Gasteiger partial charge is 0.449 e. The summed E-state index contributed by atoms with van der Waals surface area (Å²) < 4.78 is 31.7. The van der Waals surface area contributed by atoms with Crippen molar-refractivity contribution in [1.82, 2.24) is 4.31 Å². The summed E-state index contributed by atoms with van der Waals surface area (Å²) in [7, 11) is -3.57. The van der Waals surface area contributed by atoms with Crippen molar-refractivity contribution in [2.24, 2.45) is 0 Å². The summed E-state index contributed by atoms with van der Waals surface area (Å²) in [5.41, 5.74) is 0.435. The highest BCUT2D eigenvalue weighted by Gasteiger charge is 2.27. The third-order valence-electron chi connectivity index (χ3n) is 4.63. The van der Waals surface area contributed by atoms with Crippen LogP contribution in [-0.4, -0.2) is 43.8 Å². The molecule has 1 unspecified atom stereocenters. The number of halogens is 2. The molecule has 3 rings (SSSR count). The normalized spacial score (nSPS) is 15.6. The third-order valence-corrected chi connectivity index (χ3v) is 7.11. The van der Waals surface area contributed by atoms with Crippen LogP contribution in [0.2, 0.25) is 10.0 Å². The lowest BCUT2D eigenvalue weighted by Gasteiger charge is -2.16. The smallest absolute Gasteiger partial charge is 0.338 e. The van der Waals surface area contributed by atoms with Crippen molar-refractivity contribution in [2.75, 3.05) is 18.4 Å². The van der Waals surface area contributed by atoms with E-state index in [1.165, 1.54) is 47.6 Å². The summed E-state index contributed by atoms with van der Waals surface area (Å²) in [4.78, 5) is 24.8. The van der Waals surface area contributed by atoms with Gasteiger partial charge in [0.2, 0.25) is 10.0 Å². The van der Waals surface area contributed by atoms with E-state index in [1.54, 1.807) is 6.07 Å². The number of ether oxygens (including phenoxy) is 1. The number of rotatable bonds is 6. The van der Waals surface area contributed by atoms with Crippen LogP contribution >= 0.6 is 23.2 Å². The molecular formula is C20H20Cl2N2O5S. The second kappa shape index (κ2) is 9.34. The molecule has 2 aromatic rings. The Morgan fingerprint density at radius 2 is 1.70 bits per heavy atom. The van der Waals surface area contributed by atoms with E-state index in [-0.39, 0.29) is 10.5 Å². The quantitative estimate of drug-likeness (QED) is 0.644. The van der Waals surface area contributed by atoms with Gasteiger partial charge in [0.05, 0.1) is 21.2 Å². The number of hydrogen-bond donors (Lipinski definition) is 1. The van der Waals surface area contributed by atoms with E-state index in [0.717, 1.165) is 12.8 Å². The SMILES string of the molecule is CC(OC(=O)c1ccc(S(=O)(=O)N2CCCC2)cc1)C(=O)Nc1cc(Cl)ccc1Cl. The van der Waals surface area contributed by atoms with E-state index in [9.17, 15) is 18.0 Å². The molecule has 1 atom stereocenters. The van der Waals surface area contributed by atoms with E-state index < -0.39 is 28.0 Å². The van der Waals surface area contributed by atoms with Gasteiger partial charge in [-0.3, -0.25) is 4.79 Å². The van der Waals surface area contributed by atoms with Gasteiger partial charge in [0, 0.05) is 18.1 Å². The molecule has 1 aliphatic rings. The zero-order valence-electron chi connectivity index (χ0n) is 16.1. The number of benzene rings is 2. The highest BCUT2D eigenvalue weighted by atomic mass is 35.5. The zero-order chi connectivity index (χ0) is 21.9. The zero-order valence-corrected chi connectivity index (χ0v) is 18.4. The molecule has 0 saturated carbocycles. The molecule has 30 heavy (non-hydrogen) atoms. The van der Waals surface area contributed by atoms with Gasteiger partial charge in [0.1, 0.15) is 0 Å². The molecule has 0 aromatic heterocycles. The van der Waals surface area contributed by atoms with Gasteiger partial charge in [-0.15, -0.1) is 0 Å². The molecule has 0 radical (unpaired) electrons. The lowest BCUT2D eigenvalue weighted by molar-refractivity contribution is -0.123. The Kier molecular flexibility index (Phi) is 7.02. The number of nitrogens with zero attached hydrogens (tertiary/aromatic N) is 1. The molecule has 160 valence electrons. The van der Waals surface area contributed by atoms with E-state index in [2.05, 4.69) is 5.32 Å². The number of hydrogen-bond acceptors (Lipinski definition) is 5. The van der Waals surface area contributed by atoms with Crippen LogP contribution < -0.4 is 5.32 Å². The van der Waals surface area contributed by atoms with Gasteiger partial charge < -0.3 is 10.1 Å². The van der Waals surface area contributed by atoms with Gasteiger partial charge in [-0.05, 0) is 62.2 Å². The van der Waals surface area contributed by atoms with Gasteiger partial charge in [0.25, 0.3) is 5.91 Å². The molecule has 0 bridgehead atoms. The number of sulfonamides is 1. The number of nitrogens with one attached hydrogen (secondary N) is 1. The highest BCUT2D eigenvalue weighted by molar-refractivity contribution is 7.89. The van der Waals surface area contributed by atoms with Crippen LogP contribution in [0.15, 0.2) is 47.4 Å². The van der Waals surface area contributed by atoms with Crippen molar-refractivity contribution < 1.29 is 22.7 Å². The van der Waals surface area contributed by atoms with Crippen LogP contribution in [0.5, 0.6) is 0 Å². The minimum Gasteiger partial charge on any atom is -0.449 e. The Bertz CT molecular complexity index is 1050. The fourth-order valence-electron chi connectivity index (χ4n) is 2.95. The Balaban J connectivity index is 1.63. The molecule has 0 spiro atoms. The average Bonchev–Trinajstić information content (AvgIpc) is 3.26. The lowest BCUT2D eigenvalue weighted by atomic mass is 10.2. The first-order chi connectivity index (χ1) is 14.2. The Morgan fingerprint density at radius 3 is 2.33 bits per heavy atom. The van der Waals surface area contributed by atoms with Crippen molar-refractivity contribution in [3.05, 3.63) is 58.1 Å². The first-order valence-electron chi connectivity index (χ1n) is 9.25. The molecule has 1 aliphatic heterocycles. The summed E-state index contributed by atoms with van der Waals surface area (Å²) >= 11 is 11.9. The Morgan fingerprint density at radius 1 is 1.07 bits per heavy atom. The predicted molar refractivity (Wildman–Crippen MR) is 114 cm³/mol. The number of esters is 1. The number of carbonyl (C=O) groups excluding carboxylic acids is 2. The second-order valence-electron chi connectivity index (χ2n) is 6.80. The standard InChI is InChI=1S/C20H20Cl2N2O5S/c1-13(19(25)23-18-12-15(21)6-9-17(18)22)29-20(26)14-4-7-16(8-5-14)30(27,28)24-10-2-3-11-24/h4-9,12-13H,2-3,10-11H2,1H3,(H,23,25). The highest BCUT2D eigenvalue weighted by Crippen LogP contribution is 2.26. The Hall–Kier alpha value is -2.13. The van der Waals surface area contributed by atoms with Gasteiger partial charge >= 0.3 is 5.97 Å². The molecule has 1 N–H and O–H groups in total. The molecular weight excluding hydrogens is 451 g/mol. The molecule has 1 saturated heterocycles. The van der Waals surface area contributed by atoms with Crippen LogP contribution in [0.3, 0.4) is 0 Å². The summed E-state index contributed by atoms with van der Waals surface area (Å²) in [5.74, 6) is -1.33. The number of carbonyl (C=O) groups is 2. The number of anilines is 1. The van der Waals surface area contributed by atoms with Gasteiger partial charge in [-0.2, -0.15) is 4.31 Å². The molecule has 1 heterocycles. The summed E-state index contributed by atoms with van der Waals surface area (Å²) in [6.07, 6.45) is 0.564. The second-order valence-corrected chi connectivity index (χ2v) is 9.58. The van der Waals surface area contributed by atoms with Crippen LogP contribution in [-0.2, 0) is 19.6 Å².